The van der Waals surface area contributed by atoms with Crippen LogP contribution in [0.3, 0.4) is 0 Å². The van der Waals surface area contributed by atoms with Gasteiger partial charge in [-0.05, 0) is 11.1 Å². The van der Waals surface area contributed by atoms with Crippen LogP contribution in [-0.4, -0.2) is 49.4 Å². The molecule has 1 N–H and O–H groups in total. The fourth-order valence-corrected chi connectivity index (χ4v) is 4.75. The lowest BCUT2D eigenvalue weighted by molar-refractivity contribution is -0.313. The summed E-state index contributed by atoms with van der Waals surface area (Å²) in [4.78, 5) is 2.66. The molecular weight excluding hydrogens is 426 g/mol. The Morgan fingerprint density at radius 3 is 2.42 bits per heavy atom. The van der Waals surface area contributed by atoms with E-state index in [2.05, 4.69) is 10.0 Å². The largest absolute Gasteiger partial charge is 0.369 e. The van der Waals surface area contributed by atoms with Crippen LogP contribution in [-0.2, 0) is 35.7 Å². The van der Waals surface area contributed by atoms with E-state index >= 15 is 0 Å². The minimum absolute atomic E-state index is 0.0595. The zero-order valence-electron chi connectivity index (χ0n) is 16.3. The van der Waals surface area contributed by atoms with Crippen molar-refractivity contribution in [1.29, 1.82) is 0 Å². The summed E-state index contributed by atoms with van der Waals surface area (Å²) in [5, 5.41) is 1.77. The van der Waals surface area contributed by atoms with E-state index in [-0.39, 0.29) is 13.2 Å². The average molecular weight is 447 g/mol. The van der Waals surface area contributed by atoms with Crippen molar-refractivity contribution in [2.24, 2.45) is 5.11 Å². The number of benzene rings is 2. The van der Waals surface area contributed by atoms with Crippen molar-refractivity contribution in [3.8, 4) is 0 Å². The third-order valence-corrected chi connectivity index (χ3v) is 6.36. The first-order valence-electron chi connectivity index (χ1n) is 9.61. The maximum atomic E-state index is 12.2. The highest BCUT2D eigenvalue weighted by molar-refractivity contribution is 7.86. The predicted octanol–water partition coefficient (Wildman–Crippen LogP) is 2.98. The van der Waals surface area contributed by atoms with E-state index < -0.39 is 46.2 Å². The monoisotopic (exact) mass is 447 g/mol. The van der Waals surface area contributed by atoms with Gasteiger partial charge in [-0.15, -0.1) is 0 Å². The fourth-order valence-electron chi connectivity index (χ4n) is 3.76. The second-order valence-electron chi connectivity index (χ2n) is 7.19. The van der Waals surface area contributed by atoms with Crippen molar-refractivity contribution in [2.45, 2.75) is 42.7 Å². The topological polar surface area (TPSA) is 140 Å². The molecular formula is C20H21N3O7S. The summed E-state index contributed by atoms with van der Waals surface area (Å²) < 4.78 is 57.8. The van der Waals surface area contributed by atoms with Gasteiger partial charge in [-0.1, -0.05) is 65.8 Å². The fraction of sp³-hybridized carbons (Fsp3) is 0.400. The number of nitrogens with zero attached hydrogens (tertiary/aromatic N) is 3. The van der Waals surface area contributed by atoms with E-state index in [0.717, 1.165) is 11.1 Å². The summed E-state index contributed by atoms with van der Waals surface area (Å²) in [7, 11) is -4.72. The van der Waals surface area contributed by atoms with Crippen LogP contribution in [0.15, 0.2) is 65.8 Å². The molecule has 1 unspecified atom stereocenters. The molecule has 0 spiro atoms. The highest BCUT2D eigenvalue weighted by Gasteiger charge is 2.55. The summed E-state index contributed by atoms with van der Waals surface area (Å²) in [6.45, 7) is 0.120. The lowest BCUT2D eigenvalue weighted by atomic mass is 9.98. The van der Waals surface area contributed by atoms with E-state index in [1.165, 1.54) is 0 Å². The van der Waals surface area contributed by atoms with Crippen molar-refractivity contribution < 1.29 is 31.9 Å². The Hall–Kier alpha value is -2.50. The summed E-state index contributed by atoms with van der Waals surface area (Å²) in [6.07, 6.45) is -5.08. The third-order valence-electron chi connectivity index (χ3n) is 5.17. The Morgan fingerprint density at radius 2 is 1.77 bits per heavy atom. The van der Waals surface area contributed by atoms with Crippen molar-refractivity contribution in [3.63, 3.8) is 0 Å². The number of hydrogen-bond acceptors (Lipinski definition) is 7. The number of hydrogen-bond donors (Lipinski definition) is 1. The van der Waals surface area contributed by atoms with Crippen molar-refractivity contribution in [3.05, 3.63) is 82.2 Å². The van der Waals surface area contributed by atoms with Gasteiger partial charge in [0, 0.05) is 10.5 Å². The molecule has 4 rings (SSSR count). The number of ether oxygens (including phenoxy) is 4. The normalized spacial score (nSPS) is 30.7. The van der Waals surface area contributed by atoms with Gasteiger partial charge in [0.1, 0.15) is 23.6 Å². The summed E-state index contributed by atoms with van der Waals surface area (Å²) in [5.41, 5.74) is 10.4. The molecule has 2 saturated heterocycles. The van der Waals surface area contributed by atoms with Crippen LogP contribution < -0.4 is 0 Å². The molecule has 2 aliphatic rings. The summed E-state index contributed by atoms with van der Waals surface area (Å²) in [5.74, 6) is 0. The molecule has 0 aromatic heterocycles. The van der Waals surface area contributed by atoms with Crippen molar-refractivity contribution >= 4 is 10.1 Å². The van der Waals surface area contributed by atoms with Gasteiger partial charge < -0.3 is 18.9 Å². The SMILES string of the molecule is [N-]=[N+]=N[C@H]1O[C@@H]2COC(c3ccccc3)O[C@H]2[C@H](OCc2ccccc2)[C@H]1S(=O)(=O)O. The molecule has 31 heavy (non-hydrogen) atoms. The molecule has 10 nitrogen and oxygen atoms in total. The number of fused-ring (bicyclic) bond motifs is 1. The molecule has 0 radical (unpaired) electrons. The van der Waals surface area contributed by atoms with Gasteiger partial charge in [0.25, 0.3) is 10.1 Å². The smallest absolute Gasteiger partial charge is 0.273 e. The van der Waals surface area contributed by atoms with Gasteiger partial charge in [-0.25, -0.2) is 0 Å². The molecule has 2 aliphatic heterocycles. The van der Waals surface area contributed by atoms with Crippen LogP contribution >= 0.6 is 0 Å². The number of rotatable bonds is 6. The first-order valence-corrected chi connectivity index (χ1v) is 11.1. The van der Waals surface area contributed by atoms with E-state index in [1.54, 1.807) is 0 Å². The first-order chi connectivity index (χ1) is 15.0. The molecule has 0 saturated carbocycles. The van der Waals surface area contributed by atoms with Crippen molar-refractivity contribution in [2.75, 3.05) is 6.61 Å². The second kappa shape index (κ2) is 9.33. The minimum Gasteiger partial charge on any atom is -0.369 e. The molecule has 2 heterocycles. The van der Waals surface area contributed by atoms with Gasteiger partial charge in [-0.3, -0.25) is 4.55 Å². The Labute approximate surface area is 179 Å². The van der Waals surface area contributed by atoms with Gasteiger partial charge in [-0.2, -0.15) is 8.42 Å². The molecule has 2 aromatic rings. The van der Waals surface area contributed by atoms with E-state index in [4.69, 9.17) is 24.5 Å². The van der Waals surface area contributed by atoms with Crippen LogP contribution in [0.2, 0.25) is 0 Å². The quantitative estimate of drug-likeness (QED) is 0.311. The zero-order valence-corrected chi connectivity index (χ0v) is 17.1. The Balaban J connectivity index is 1.66. The lowest BCUT2D eigenvalue weighted by Crippen LogP contribution is -2.63. The van der Waals surface area contributed by atoms with Crippen LogP contribution in [0.25, 0.3) is 10.4 Å². The molecule has 164 valence electrons. The van der Waals surface area contributed by atoms with Gasteiger partial charge >= 0.3 is 0 Å². The van der Waals surface area contributed by atoms with Crippen LogP contribution in [0.1, 0.15) is 17.4 Å². The highest BCUT2D eigenvalue weighted by atomic mass is 32.2. The maximum absolute atomic E-state index is 12.2. The molecule has 0 amide bonds. The zero-order chi connectivity index (χ0) is 21.8. The van der Waals surface area contributed by atoms with E-state index in [0.29, 0.717) is 0 Å². The summed E-state index contributed by atoms with van der Waals surface area (Å²) >= 11 is 0. The molecule has 0 aliphatic carbocycles. The Morgan fingerprint density at radius 1 is 1.10 bits per heavy atom. The maximum Gasteiger partial charge on any atom is 0.273 e. The van der Waals surface area contributed by atoms with E-state index in [1.807, 2.05) is 60.7 Å². The molecule has 6 atom stereocenters. The van der Waals surface area contributed by atoms with Gasteiger partial charge in [0.2, 0.25) is 0 Å². The van der Waals surface area contributed by atoms with Crippen LogP contribution in [0.5, 0.6) is 0 Å². The molecule has 11 heteroatoms. The van der Waals surface area contributed by atoms with Crippen LogP contribution in [0, 0.1) is 0 Å². The Bertz CT molecular complexity index is 1030. The van der Waals surface area contributed by atoms with E-state index in [9.17, 15) is 13.0 Å². The molecule has 2 fully saturated rings. The van der Waals surface area contributed by atoms with Crippen LogP contribution in [0.4, 0.5) is 0 Å². The third kappa shape index (κ3) is 4.89. The lowest BCUT2D eigenvalue weighted by Gasteiger charge is -2.47. The van der Waals surface area contributed by atoms with Crippen molar-refractivity contribution in [1.82, 2.24) is 0 Å². The predicted molar refractivity (Wildman–Crippen MR) is 108 cm³/mol. The average Bonchev–Trinajstić information content (AvgIpc) is 2.77. The molecule has 0 bridgehead atoms. The summed E-state index contributed by atoms with van der Waals surface area (Å²) in [6, 6.07) is 18.3. The number of azide groups is 1. The second-order valence-corrected chi connectivity index (χ2v) is 8.76. The first kappa shape index (κ1) is 21.7. The highest BCUT2D eigenvalue weighted by Crippen LogP contribution is 2.38. The van der Waals surface area contributed by atoms with Gasteiger partial charge in [0.15, 0.2) is 12.5 Å². The van der Waals surface area contributed by atoms with Gasteiger partial charge in [0.05, 0.1) is 13.2 Å². The standard InChI is InChI=1S/C20H21N3O7S/c21-23-22-19-18(31(24,25)26)17(27-11-13-7-3-1-4-8-13)16-15(29-19)12-28-20(30-16)14-9-5-2-6-10-14/h1-10,15-20H,11-12H2,(H,24,25,26)/t15-,16-,17+,18-,19+,20?/m1/s1. The minimum atomic E-state index is -4.72. The Kier molecular flexibility index (Phi) is 6.54. The molecule has 2 aromatic carbocycles.